The molecule has 28 heavy (non-hydrogen) atoms. The summed E-state index contributed by atoms with van der Waals surface area (Å²) in [6.07, 6.45) is 5.29. The first-order valence-corrected chi connectivity index (χ1v) is 9.93. The molecule has 4 aromatic rings. The van der Waals surface area contributed by atoms with Crippen LogP contribution in [0.15, 0.2) is 48.8 Å². The van der Waals surface area contributed by atoms with Crippen LogP contribution in [0.1, 0.15) is 19.3 Å². The molecule has 6 heteroatoms. The van der Waals surface area contributed by atoms with Crippen LogP contribution in [0.5, 0.6) is 0 Å². The number of aromatic nitrogens is 3. The van der Waals surface area contributed by atoms with Crippen molar-refractivity contribution in [2.75, 3.05) is 23.7 Å². The van der Waals surface area contributed by atoms with Crippen molar-refractivity contribution in [1.82, 2.24) is 15.0 Å². The molecule has 5 nitrogen and oxygen atoms in total. The molecule has 0 amide bonds. The molecule has 1 saturated heterocycles. The van der Waals surface area contributed by atoms with Crippen molar-refractivity contribution < 1.29 is 0 Å². The Balaban J connectivity index is 1.71. The second-order valence-electron chi connectivity index (χ2n) is 7.21. The van der Waals surface area contributed by atoms with Gasteiger partial charge in [0.2, 0.25) is 0 Å². The largest absolute Gasteiger partial charge is 0.384 e. The van der Waals surface area contributed by atoms with Gasteiger partial charge in [-0.15, -0.1) is 0 Å². The third kappa shape index (κ3) is 2.92. The summed E-state index contributed by atoms with van der Waals surface area (Å²) < 4.78 is 0. The molecule has 140 valence electrons. The van der Waals surface area contributed by atoms with E-state index in [1.54, 1.807) is 6.33 Å². The van der Waals surface area contributed by atoms with Crippen molar-refractivity contribution in [1.29, 1.82) is 0 Å². The molecule has 3 heterocycles. The smallest absolute Gasteiger partial charge is 0.139 e. The minimum Gasteiger partial charge on any atom is -0.384 e. The summed E-state index contributed by atoms with van der Waals surface area (Å²) in [4.78, 5) is 16.0. The minimum atomic E-state index is 0.474. The number of nitrogen functional groups attached to an aromatic ring is 1. The van der Waals surface area contributed by atoms with Gasteiger partial charge in [0, 0.05) is 29.4 Å². The lowest BCUT2D eigenvalue weighted by Crippen LogP contribution is -2.30. The molecule has 0 spiro atoms. The van der Waals surface area contributed by atoms with Gasteiger partial charge in [-0.1, -0.05) is 35.9 Å². The normalized spacial score (nSPS) is 14.7. The lowest BCUT2D eigenvalue weighted by Gasteiger charge is -2.28. The van der Waals surface area contributed by atoms with Crippen LogP contribution in [0.4, 0.5) is 11.6 Å². The van der Waals surface area contributed by atoms with Crippen molar-refractivity contribution in [3.05, 3.63) is 53.8 Å². The number of halogens is 1. The minimum absolute atomic E-state index is 0.474. The van der Waals surface area contributed by atoms with Crippen molar-refractivity contribution in [2.45, 2.75) is 19.3 Å². The van der Waals surface area contributed by atoms with Gasteiger partial charge < -0.3 is 10.6 Å². The molecule has 0 bridgehead atoms. The zero-order chi connectivity index (χ0) is 19.1. The summed E-state index contributed by atoms with van der Waals surface area (Å²) in [6, 6.07) is 13.9. The van der Waals surface area contributed by atoms with Crippen LogP contribution in [-0.4, -0.2) is 28.0 Å². The number of nitrogens with two attached hydrogens (primary N) is 1. The fraction of sp³-hybridized carbons (Fsp3) is 0.227. The summed E-state index contributed by atoms with van der Waals surface area (Å²) in [6.45, 7) is 2.04. The fourth-order valence-electron chi connectivity index (χ4n) is 4.03. The number of anilines is 2. The number of hydrogen-bond donors (Lipinski definition) is 1. The van der Waals surface area contributed by atoms with Crippen LogP contribution < -0.4 is 10.6 Å². The van der Waals surface area contributed by atoms with E-state index < -0.39 is 0 Å². The van der Waals surface area contributed by atoms with E-state index in [0.29, 0.717) is 10.8 Å². The van der Waals surface area contributed by atoms with Gasteiger partial charge in [0.05, 0.1) is 16.2 Å². The van der Waals surface area contributed by atoms with E-state index in [-0.39, 0.29) is 0 Å². The third-order valence-corrected chi connectivity index (χ3v) is 5.69. The van der Waals surface area contributed by atoms with E-state index in [4.69, 9.17) is 17.3 Å². The topological polar surface area (TPSA) is 67.9 Å². The standard InChI is InChI=1S/C22H20ClN5/c23-18-11-17-19(25-13-26-22(17)28-8-4-1-5-9-28)12-16(18)21-15-7-3-2-6-14(15)10-20(24)27-21/h2-3,6-7,10-13H,1,4-5,8-9H2,(H2,24,27). The van der Waals surface area contributed by atoms with Crippen LogP contribution >= 0.6 is 11.6 Å². The average Bonchev–Trinajstić information content (AvgIpc) is 2.73. The zero-order valence-electron chi connectivity index (χ0n) is 15.4. The predicted molar refractivity (Wildman–Crippen MR) is 116 cm³/mol. The fourth-order valence-corrected chi connectivity index (χ4v) is 4.28. The highest BCUT2D eigenvalue weighted by Gasteiger charge is 2.18. The maximum Gasteiger partial charge on any atom is 0.139 e. The molecule has 0 radical (unpaired) electrons. The van der Waals surface area contributed by atoms with Gasteiger partial charge in [0.25, 0.3) is 0 Å². The van der Waals surface area contributed by atoms with Crippen molar-refractivity contribution in [2.24, 2.45) is 0 Å². The Labute approximate surface area is 168 Å². The van der Waals surface area contributed by atoms with E-state index >= 15 is 0 Å². The highest BCUT2D eigenvalue weighted by Crippen LogP contribution is 2.37. The molecule has 2 N–H and O–H groups in total. The van der Waals surface area contributed by atoms with E-state index in [1.165, 1.54) is 19.3 Å². The van der Waals surface area contributed by atoms with Crippen molar-refractivity contribution >= 4 is 44.9 Å². The molecule has 1 fully saturated rings. The molecule has 1 aliphatic rings. The number of piperidine rings is 1. The summed E-state index contributed by atoms with van der Waals surface area (Å²) in [5.74, 6) is 1.44. The van der Waals surface area contributed by atoms with Crippen LogP contribution in [-0.2, 0) is 0 Å². The molecule has 0 aliphatic carbocycles. The lowest BCUT2D eigenvalue weighted by atomic mass is 10.0. The van der Waals surface area contributed by atoms with E-state index in [0.717, 1.165) is 51.8 Å². The first-order valence-electron chi connectivity index (χ1n) is 9.55. The summed E-state index contributed by atoms with van der Waals surface area (Å²) in [5, 5.41) is 3.66. The van der Waals surface area contributed by atoms with Gasteiger partial charge in [-0.05, 0) is 42.8 Å². The first-order chi connectivity index (χ1) is 13.7. The lowest BCUT2D eigenvalue weighted by molar-refractivity contribution is 0.574. The first kappa shape index (κ1) is 17.2. The van der Waals surface area contributed by atoms with Crippen molar-refractivity contribution in [3.8, 4) is 11.3 Å². The van der Waals surface area contributed by atoms with Crippen LogP contribution in [0.2, 0.25) is 5.02 Å². The summed E-state index contributed by atoms with van der Waals surface area (Å²) >= 11 is 6.75. The Bertz CT molecular complexity index is 1180. The average molecular weight is 390 g/mol. The predicted octanol–water partition coefficient (Wildman–Crippen LogP) is 5.07. The van der Waals surface area contributed by atoms with Gasteiger partial charge in [-0.2, -0.15) is 0 Å². The number of benzene rings is 2. The number of rotatable bonds is 2. The SMILES string of the molecule is Nc1cc2ccccc2c(-c2cc3ncnc(N4CCCCC4)c3cc2Cl)n1. The molecular weight excluding hydrogens is 370 g/mol. The number of hydrogen-bond acceptors (Lipinski definition) is 5. The third-order valence-electron chi connectivity index (χ3n) is 5.37. The number of nitrogens with zero attached hydrogens (tertiary/aromatic N) is 4. The Morgan fingerprint density at radius 1 is 0.929 bits per heavy atom. The molecule has 2 aromatic carbocycles. The van der Waals surface area contributed by atoms with E-state index in [2.05, 4.69) is 19.9 Å². The second kappa shape index (κ2) is 6.91. The summed E-state index contributed by atoms with van der Waals surface area (Å²) in [5.41, 5.74) is 8.54. The van der Waals surface area contributed by atoms with Crippen LogP contribution in [0.25, 0.3) is 32.9 Å². The number of pyridine rings is 1. The molecule has 0 saturated carbocycles. The zero-order valence-corrected chi connectivity index (χ0v) is 16.2. The summed E-state index contributed by atoms with van der Waals surface area (Å²) in [7, 11) is 0. The maximum absolute atomic E-state index is 6.75. The van der Waals surface area contributed by atoms with E-state index in [9.17, 15) is 0 Å². The van der Waals surface area contributed by atoms with Crippen LogP contribution in [0.3, 0.4) is 0 Å². The molecule has 1 aliphatic heterocycles. The number of fused-ring (bicyclic) bond motifs is 2. The Hall–Kier alpha value is -2.92. The van der Waals surface area contributed by atoms with Gasteiger partial charge in [0.15, 0.2) is 0 Å². The maximum atomic E-state index is 6.75. The highest BCUT2D eigenvalue weighted by atomic mass is 35.5. The monoisotopic (exact) mass is 389 g/mol. The van der Waals surface area contributed by atoms with Crippen LogP contribution in [0, 0.1) is 0 Å². The van der Waals surface area contributed by atoms with E-state index in [1.807, 2.05) is 42.5 Å². The quantitative estimate of drug-likeness (QED) is 0.518. The molecule has 0 atom stereocenters. The van der Waals surface area contributed by atoms with Crippen molar-refractivity contribution in [3.63, 3.8) is 0 Å². The molecule has 5 rings (SSSR count). The van der Waals surface area contributed by atoms with Gasteiger partial charge in [-0.3, -0.25) is 0 Å². The van der Waals surface area contributed by atoms with Gasteiger partial charge >= 0.3 is 0 Å². The van der Waals surface area contributed by atoms with Gasteiger partial charge in [-0.25, -0.2) is 15.0 Å². The molecule has 0 unspecified atom stereocenters. The second-order valence-corrected chi connectivity index (χ2v) is 7.62. The molecular formula is C22H20ClN5. The Kier molecular flexibility index (Phi) is 4.24. The molecule has 2 aromatic heterocycles. The Morgan fingerprint density at radius 2 is 1.75 bits per heavy atom. The highest BCUT2D eigenvalue weighted by molar-refractivity contribution is 6.34. The Morgan fingerprint density at radius 3 is 2.61 bits per heavy atom. The van der Waals surface area contributed by atoms with Gasteiger partial charge in [0.1, 0.15) is 18.0 Å².